The lowest BCUT2D eigenvalue weighted by molar-refractivity contribution is -0.116. The highest BCUT2D eigenvalue weighted by molar-refractivity contribution is 5.95. The summed E-state index contributed by atoms with van der Waals surface area (Å²) in [6, 6.07) is 7.40. The van der Waals surface area contributed by atoms with Crippen molar-refractivity contribution in [2.75, 3.05) is 64.4 Å². The van der Waals surface area contributed by atoms with Crippen LogP contribution in [0.1, 0.15) is 19.8 Å². The molecule has 0 amide bonds. The Kier molecular flexibility index (Phi) is 7.93. The number of aromatic nitrogens is 4. The number of hydrogen-bond acceptors (Lipinski definition) is 12. The minimum atomic E-state index is -0.673. The number of carbonyl (C=O) groups is 1. The van der Waals surface area contributed by atoms with Gasteiger partial charge in [0.15, 0.2) is 28.8 Å². The topological polar surface area (TPSA) is 132 Å². The molecule has 0 bridgehead atoms. The van der Waals surface area contributed by atoms with Gasteiger partial charge in [0.2, 0.25) is 0 Å². The molecule has 2 aromatic heterocycles. The first kappa shape index (κ1) is 28.1. The number of nitrogens with zero attached hydrogens (tertiary/aromatic N) is 6. The molecule has 0 radical (unpaired) electrons. The van der Waals surface area contributed by atoms with Crippen LogP contribution in [-0.4, -0.2) is 91.0 Å². The molecule has 12 nitrogen and oxygen atoms in total. The number of carbonyl (C=O) groups excluding carboxylic acids is 1. The third kappa shape index (κ3) is 5.73. The van der Waals surface area contributed by atoms with Crippen LogP contribution >= 0.6 is 0 Å². The minimum absolute atomic E-state index is 0.234. The third-order valence-corrected chi connectivity index (χ3v) is 7.32. The summed E-state index contributed by atoms with van der Waals surface area (Å²) in [5.41, 5.74) is 0.893. The van der Waals surface area contributed by atoms with Gasteiger partial charge in [-0.05, 0) is 25.5 Å². The molecule has 12 heteroatoms. The number of ketones is 1. The van der Waals surface area contributed by atoms with Gasteiger partial charge in [-0.15, -0.1) is 0 Å². The molecule has 0 spiro atoms. The molecule has 1 unspecified atom stereocenters. The van der Waals surface area contributed by atoms with Gasteiger partial charge in [0, 0.05) is 49.0 Å². The second-order valence-electron chi connectivity index (χ2n) is 10.2. The summed E-state index contributed by atoms with van der Waals surface area (Å²) in [6.45, 7) is 4.28. The van der Waals surface area contributed by atoms with E-state index in [1.165, 1.54) is 12.7 Å². The number of methoxy groups -OCH3 is 4. The number of benzene rings is 2. The van der Waals surface area contributed by atoms with Crippen molar-refractivity contribution >= 4 is 39.2 Å². The maximum atomic E-state index is 11.5. The lowest BCUT2D eigenvalue weighted by Crippen LogP contribution is -2.30. The van der Waals surface area contributed by atoms with E-state index < -0.39 is 5.60 Å². The van der Waals surface area contributed by atoms with E-state index in [4.69, 9.17) is 18.9 Å². The maximum absolute atomic E-state index is 11.5. The Bertz CT molecular complexity index is 1580. The van der Waals surface area contributed by atoms with Gasteiger partial charge in [-0.25, -0.2) is 19.9 Å². The molecule has 0 saturated carbocycles. The van der Waals surface area contributed by atoms with Crippen LogP contribution in [0.5, 0.6) is 23.0 Å². The van der Waals surface area contributed by atoms with Gasteiger partial charge in [0.25, 0.3) is 0 Å². The highest BCUT2D eigenvalue weighted by atomic mass is 16.5. The van der Waals surface area contributed by atoms with Crippen LogP contribution in [0.4, 0.5) is 11.6 Å². The van der Waals surface area contributed by atoms with Crippen molar-refractivity contribution in [1.29, 1.82) is 0 Å². The Morgan fingerprint density at radius 1 is 0.732 bits per heavy atom. The largest absolute Gasteiger partial charge is 0.493 e. The van der Waals surface area contributed by atoms with Crippen LogP contribution in [0.25, 0.3) is 21.8 Å². The van der Waals surface area contributed by atoms with E-state index in [2.05, 4.69) is 24.8 Å². The van der Waals surface area contributed by atoms with Crippen LogP contribution in [-0.2, 0) is 4.79 Å². The molecule has 6 rings (SSSR count). The number of Topliss-reactive ketones (excluding diaryl/α,β-unsaturated/α-hetero) is 1. The van der Waals surface area contributed by atoms with Gasteiger partial charge < -0.3 is 33.9 Å². The molecular formula is C29H34N6O6. The van der Waals surface area contributed by atoms with Crippen molar-refractivity contribution in [1.82, 2.24) is 19.9 Å². The summed E-state index contributed by atoms with van der Waals surface area (Å²) < 4.78 is 21.2. The number of rotatable bonds is 6. The lowest BCUT2D eigenvalue weighted by Gasteiger charge is -2.21. The van der Waals surface area contributed by atoms with Gasteiger partial charge >= 0.3 is 0 Å². The first-order chi connectivity index (χ1) is 19.8. The molecule has 1 atom stereocenters. The normalized spacial score (nSPS) is 18.4. The zero-order valence-electron chi connectivity index (χ0n) is 23.9. The zero-order valence-corrected chi connectivity index (χ0v) is 23.9. The van der Waals surface area contributed by atoms with Crippen molar-refractivity contribution in [3.8, 4) is 23.0 Å². The number of β-amino-alcohol motifs (C(OH)–C–C–N with tert-alkyl or cyclic N) is 1. The summed E-state index contributed by atoms with van der Waals surface area (Å²) in [5.74, 6) is 4.36. The first-order valence-electron chi connectivity index (χ1n) is 13.2. The van der Waals surface area contributed by atoms with Gasteiger partial charge in [-0.3, -0.25) is 4.79 Å². The van der Waals surface area contributed by atoms with Crippen LogP contribution in [0.3, 0.4) is 0 Å². The van der Waals surface area contributed by atoms with Crippen molar-refractivity contribution in [3.63, 3.8) is 0 Å². The van der Waals surface area contributed by atoms with E-state index >= 15 is 0 Å². The smallest absolute Gasteiger partial charge is 0.162 e. The van der Waals surface area contributed by atoms with Crippen molar-refractivity contribution in [3.05, 3.63) is 36.9 Å². The molecule has 2 fully saturated rings. The summed E-state index contributed by atoms with van der Waals surface area (Å²) in [5, 5.41) is 11.9. The fourth-order valence-electron chi connectivity index (χ4n) is 5.18. The van der Waals surface area contributed by atoms with Crippen molar-refractivity contribution in [2.45, 2.75) is 25.4 Å². The summed E-state index contributed by atoms with van der Waals surface area (Å²) >= 11 is 0. The van der Waals surface area contributed by atoms with Gasteiger partial charge in [0.1, 0.15) is 24.3 Å². The average molecular weight is 563 g/mol. The van der Waals surface area contributed by atoms with E-state index in [0.717, 1.165) is 46.4 Å². The van der Waals surface area contributed by atoms with Crippen LogP contribution in [0.15, 0.2) is 36.9 Å². The highest BCUT2D eigenvalue weighted by Crippen LogP contribution is 2.37. The fourth-order valence-corrected chi connectivity index (χ4v) is 5.18. The fraction of sp³-hybridized carbons (Fsp3) is 0.414. The Labute approximate surface area is 237 Å². The van der Waals surface area contributed by atoms with E-state index in [-0.39, 0.29) is 5.78 Å². The molecule has 2 saturated heterocycles. The van der Waals surface area contributed by atoms with E-state index in [1.54, 1.807) is 28.4 Å². The maximum Gasteiger partial charge on any atom is 0.162 e. The van der Waals surface area contributed by atoms with E-state index in [0.29, 0.717) is 49.1 Å². The molecule has 4 heterocycles. The van der Waals surface area contributed by atoms with Crippen molar-refractivity contribution < 1.29 is 28.8 Å². The highest BCUT2D eigenvalue weighted by Gasteiger charge is 2.33. The standard InChI is InChI=1S/C15H19N3O3.C14H15N3O3/c1-15(19)4-5-18(8-15)14-10-6-12(20-2)13(21-3)7-11(10)16-9-17-14;1-19-12-5-10-11(6-13(12)20-2)15-8-16-14(10)17-4-3-9(18)7-17/h6-7,9,19H,4-5,8H2,1-3H3;5-6,8H,3-4,7H2,1-2H3. The molecule has 41 heavy (non-hydrogen) atoms. The average Bonchev–Trinajstić information content (AvgIpc) is 3.59. The molecule has 1 N–H and O–H groups in total. The second-order valence-corrected chi connectivity index (χ2v) is 10.2. The van der Waals surface area contributed by atoms with E-state index in [1.807, 2.05) is 36.1 Å². The van der Waals surface area contributed by atoms with Gasteiger partial charge in [0.05, 0.1) is 51.6 Å². The van der Waals surface area contributed by atoms with Crippen LogP contribution in [0.2, 0.25) is 0 Å². The monoisotopic (exact) mass is 562 g/mol. The Hall–Kier alpha value is -4.45. The molecule has 2 aromatic carbocycles. The van der Waals surface area contributed by atoms with Crippen LogP contribution < -0.4 is 28.7 Å². The number of aliphatic hydroxyl groups is 1. The predicted octanol–water partition coefficient (Wildman–Crippen LogP) is 3.03. The number of hydrogen-bond donors (Lipinski definition) is 1. The minimum Gasteiger partial charge on any atom is -0.493 e. The van der Waals surface area contributed by atoms with Crippen molar-refractivity contribution in [2.24, 2.45) is 0 Å². The molecule has 4 aromatic rings. The zero-order chi connectivity index (χ0) is 29.1. The van der Waals surface area contributed by atoms with Gasteiger partial charge in [-0.2, -0.15) is 0 Å². The Balaban J connectivity index is 0.000000165. The molecule has 2 aliphatic heterocycles. The SMILES string of the molecule is COc1cc2ncnc(N3CCC(=O)C3)c2cc1OC.COc1cc2ncnc(N3CCC(C)(O)C3)c2cc1OC. The molecule has 2 aliphatic rings. The Morgan fingerprint density at radius 3 is 1.63 bits per heavy atom. The Morgan fingerprint density at radius 2 is 1.22 bits per heavy atom. The number of ether oxygens (including phenoxy) is 4. The molecule has 0 aliphatic carbocycles. The summed E-state index contributed by atoms with van der Waals surface area (Å²) in [4.78, 5) is 32.8. The number of fused-ring (bicyclic) bond motifs is 2. The first-order valence-corrected chi connectivity index (χ1v) is 13.2. The van der Waals surface area contributed by atoms with Crippen LogP contribution in [0, 0.1) is 0 Å². The van der Waals surface area contributed by atoms with E-state index in [9.17, 15) is 9.90 Å². The second kappa shape index (κ2) is 11.6. The lowest BCUT2D eigenvalue weighted by atomic mass is 10.1. The van der Waals surface area contributed by atoms with Gasteiger partial charge in [-0.1, -0.05) is 0 Å². The third-order valence-electron chi connectivity index (χ3n) is 7.32. The summed E-state index contributed by atoms with van der Waals surface area (Å²) in [7, 11) is 6.38. The quantitative estimate of drug-likeness (QED) is 0.370. The molecular weight excluding hydrogens is 528 g/mol. The summed E-state index contributed by atoms with van der Waals surface area (Å²) in [6.07, 6.45) is 4.34. The predicted molar refractivity (Wildman–Crippen MR) is 155 cm³/mol. The number of anilines is 2. The molecule has 216 valence electrons.